The Kier molecular flexibility index (Phi) is 6.07. The van der Waals surface area contributed by atoms with E-state index in [0.717, 1.165) is 49.2 Å². The number of nitrogens with zero attached hydrogens (tertiary/aromatic N) is 1. The van der Waals surface area contributed by atoms with Crippen molar-refractivity contribution in [1.29, 1.82) is 0 Å². The van der Waals surface area contributed by atoms with Crippen LogP contribution in [-0.4, -0.2) is 29.3 Å². The zero-order valence-corrected chi connectivity index (χ0v) is 15.2. The lowest BCUT2D eigenvalue weighted by Crippen LogP contribution is -2.33. The van der Waals surface area contributed by atoms with Crippen LogP contribution in [0, 0.1) is 0 Å². The van der Waals surface area contributed by atoms with E-state index in [1.165, 1.54) is 0 Å². The summed E-state index contributed by atoms with van der Waals surface area (Å²) in [4.78, 5) is 21.5. The molecule has 2 aromatic rings. The third-order valence-electron chi connectivity index (χ3n) is 4.53. The van der Waals surface area contributed by atoms with Crippen LogP contribution in [0.15, 0.2) is 41.5 Å². The van der Waals surface area contributed by atoms with Crippen LogP contribution in [0.1, 0.15) is 31.5 Å². The molecule has 7 heteroatoms. The monoisotopic (exact) mass is 372 g/mol. The number of amides is 1. The summed E-state index contributed by atoms with van der Waals surface area (Å²) in [7, 11) is 0. The first-order valence-electron chi connectivity index (χ1n) is 8.71. The Labute approximate surface area is 157 Å². The molecular formula is C19H23ClN5O+. The number of aromatic amines is 2. The van der Waals surface area contributed by atoms with Gasteiger partial charge in [-0.25, -0.2) is 9.97 Å². The molecule has 6 nitrogen and oxygen atoms in total. The Morgan fingerprint density at radius 1 is 1.35 bits per heavy atom. The van der Waals surface area contributed by atoms with Crippen molar-refractivity contribution in [3.63, 3.8) is 0 Å². The Bertz CT molecular complexity index is 806. The highest BCUT2D eigenvalue weighted by atomic mass is 35.5. The number of rotatable bonds is 6. The molecule has 5 N–H and O–H groups in total. The van der Waals surface area contributed by atoms with Crippen molar-refractivity contribution >= 4 is 29.9 Å². The lowest BCUT2D eigenvalue weighted by atomic mass is 9.92. The molecule has 1 aromatic carbocycles. The molecule has 1 aromatic heterocycles. The van der Waals surface area contributed by atoms with Gasteiger partial charge >= 0.3 is 0 Å². The number of halogens is 1. The number of aromatic nitrogens is 2. The van der Waals surface area contributed by atoms with E-state index in [2.05, 4.69) is 20.3 Å². The quantitative estimate of drug-likeness (QED) is 0.412. The third kappa shape index (κ3) is 4.95. The summed E-state index contributed by atoms with van der Waals surface area (Å²) >= 11 is 6.03. The summed E-state index contributed by atoms with van der Waals surface area (Å²) in [6.07, 6.45) is 10.1. The number of amidine groups is 1. The Balaban J connectivity index is 1.59. The lowest BCUT2D eigenvalue weighted by Gasteiger charge is -2.25. The number of H-pyrrole nitrogens is 2. The van der Waals surface area contributed by atoms with E-state index in [4.69, 9.17) is 17.3 Å². The summed E-state index contributed by atoms with van der Waals surface area (Å²) < 4.78 is 0. The minimum Gasteiger partial charge on any atom is -0.384 e. The molecular weight excluding hydrogens is 350 g/mol. The maximum Gasteiger partial charge on any atom is 0.277 e. The van der Waals surface area contributed by atoms with Gasteiger partial charge in [0.1, 0.15) is 12.0 Å². The molecule has 0 atom stereocenters. The molecule has 3 rings (SSSR count). The van der Waals surface area contributed by atoms with E-state index in [9.17, 15) is 4.79 Å². The largest absolute Gasteiger partial charge is 0.384 e. The Morgan fingerprint density at radius 3 is 2.88 bits per heavy atom. The molecule has 26 heavy (non-hydrogen) atoms. The molecule has 0 bridgehead atoms. The van der Waals surface area contributed by atoms with E-state index >= 15 is 0 Å². The van der Waals surface area contributed by atoms with Crippen molar-refractivity contribution in [2.24, 2.45) is 10.7 Å². The third-order valence-corrected chi connectivity index (χ3v) is 4.76. The lowest BCUT2D eigenvalue weighted by molar-refractivity contribution is -0.378. The molecule has 136 valence electrons. The second kappa shape index (κ2) is 8.67. The van der Waals surface area contributed by atoms with Crippen molar-refractivity contribution in [1.82, 2.24) is 10.3 Å². The molecule has 0 saturated heterocycles. The van der Waals surface area contributed by atoms with Gasteiger partial charge in [0.15, 0.2) is 5.69 Å². The average molecular weight is 373 g/mol. The predicted octanol–water partition coefficient (Wildman–Crippen LogP) is 2.58. The van der Waals surface area contributed by atoms with E-state index in [1.807, 2.05) is 36.5 Å². The summed E-state index contributed by atoms with van der Waals surface area (Å²) in [5.41, 5.74) is 7.99. The van der Waals surface area contributed by atoms with Crippen LogP contribution in [0.3, 0.4) is 0 Å². The number of carbonyl (C=O) groups excluding carboxylic acids is 1. The van der Waals surface area contributed by atoms with Gasteiger partial charge in [-0.2, -0.15) is 0 Å². The van der Waals surface area contributed by atoms with E-state index < -0.39 is 0 Å². The van der Waals surface area contributed by atoms with Gasteiger partial charge in [0, 0.05) is 22.7 Å². The number of carbonyl (C=O) groups is 1. The highest BCUT2D eigenvalue weighted by Gasteiger charge is 2.20. The molecule has 1 heterocycles. The molecule has 0 aliphatic heterocycles. The molecule has 1 fully saturated rings. The first kappa shape index (κ1) is 18.2. The van der Waals surface area contributed by atoms with E-state index in [-0.39, 0.29) is 12.1 Å². The molecule has 0 radical (unpaired) electrons. The smallest absolute Gasteiger partial charge is 0.277 e. The summed E-state index contributed by atoms with van der Waals surface area (Å²) in [6, 6.07) is 8.15. The fourth-order valence-corrected chi connectivity index (χ4v) is 3.35. The number of aliphatic imine (C=N–C) groups is 1. The van der Waals surface area contributed by atoms with Gasteiger partial charge in [0.05, 0.1) is 6.04 Å². The van der Waals surface area contributed by atoms with Gasteiger partial charge in [-0.1, -0.05) is 23.7 Å². The van der Waals surface area contributed by atoms with Crippen molar-refractivity contribution in [3.05, 3.63) is 47.4 Å². The highest BCUT2D eigenvalue weighted by Crippen LogP contribution is 2.21. The van der Waals surface area contributed by atoms with Crippen molar-refractivity contribution in [2.75, 3.05) is 0 Å². The van der Waals surface area contributed by atoms with Gasteiger partial charge < -0.3 is 11.1 Å². The van der Waals surface area contributed by atoms with Gasteiger partial charge in [-0.05, 0) is 43.9 Å². The molecule has 1 aliphatic rings. The zero-order valence-electron chi connectivity index (χ0n) is 14.4. The normalized spacial score (nSPS) is 21.0. The fraction of sp³-hybridized carbons (Fsp3) is 0.316. The second-order valence-corrected chi connectivity index (χ2v) is 6.87. The maximum atomic E-state index is 10.5. The second-order valence-electron chi connectivity index (χ2n) is 6.43. The number of imidazole rings is 1. The minimum absolute atomic E-state index is 0.221. The molecule has 1 amide bonds. The van der Waals surface area contributed by atoms with Crippen molar-refractivity contribution in [3.8, 4) is 11.3 Å². The molecule has 1 aliphatic carbocycles. The standard InChI is InChI=1S/C19H22ClN5O/c20-14-3-1-2-13(10-14)17-11-22-19(25-17)9-8-18(21)24-16-6-4-15(5-7-16)23-12-26/h1-3,8-12,15-16H,4-7H2,(H2,21,24)(H,22,25)(H,23,26)/p+1/b9-8-. The SMILES string of the molecule is NC(/C=C\c1[nH]c(-c2cccc(Cl)c2)c[nH+]1)=NC1CCC(NC=O)CC1. The van der Waals surface area contributed by atoms with E-state index in [0.29, 0.717) is 10.9 Å². The number of hydrogen-bond donors (Lipinski definition) is 3. The van der Waals surface area contributed by atoms with Gasteiger partial charge in [0.25, 0.3) is 5.82 Å². The zero-order chi connectivity index (χ0) is 18.4. The van der Waals surface area contributed by atoms with Gasteiger partial charge in [-0.15, -0.1) is 0 Å². The first-order chi connectivity index (χ1) is 12.6. The van der Waals surface area contributed by atoms with Gasteiger partial charge in [0.2, 0.25) is 6.41 Å². The van der Waals surface area contributed by atoms with Crippen molar-refractivity contribution < 1.29 is 9.78 Å². The predicted molar refractivity (Wildman–Crippen MR) is 104 cm³/mol. The van der Waals surface area contributed by atoms with Crippen LogP contribution in [0.5, 0.6) is 0 Å². The van der Waals surface area contributed by atoms with Gasteiger partial charge in [-0.3, -0.25) is 9.79 Å². The highest BCUT2D eigenvalue weighted by molar-refractivity contribution is 6.30. The Hall–Kier alpha value is -2.60. The molecule has 0 spiro atoms. The summed E-state index contributed by atoms with van der Waals surface area (Å²) in [5, 5.41) is 3.53. The van der Waals surface area contributed by atoms with Crippen molar-refractivity contribution in [2.45, 2.75) is 37.8 Å². The van der Waals surface area contributed by atoms with Crippen LogP contribution in [0.25, 0.3) is 17.3 Å². The Morgan fingerprint density at radius 2 is 2.15 bits per heavy atom. The van der Waals surface area contributed by atoms with Crippen LogP contribution in [0.4, 0.5) is 0 Å². The number of nitrogens with one attached hydrogen (secondary N) is 3. The fourth-order valence-electron chi connectivity index (χ4n) is 3.16. The topological polar surface area (TPSA) is 97.4 Å². The molecule has 1 saturated carbocycles. The number of nitrogens with two attached hydrogens (primary N) is 1. The summed E-state index contributed by atoms with van der Waals surface area (Å²) in [5.74, 6) is 1.33. The first-order valence-corrected chi connectivity index (χ1v) is 9.09. The van der Waals surface area contributed by atoms with Crippen LogP contribution < -0.4 is 16.0 Å². The van der Waals surface area contributed by atoms with Crippen LogP contribution >= 0.6 is 11.6 Å². The van der Waals surface area contributed by atoms with E-state index in [1.54, 1.807) is 6.08 Å². The average Bonchev–Trinajstić information content (AvgIpc) is 3.11. The van der Waals surface area contributed by atoms with Crippen LogP contribution in [-0.2, 0) is 4.79 Å². The number of hydrogen-bond acceptors (Lipinski definition) is 2. The maximum absolute atomic E-state index is 10.5. The molecule has 0 unspecified atom stereocenters. The van der Waals surface area contributed by atoms with Crippen LogP contribution in [0.2, 0.25) is 5.02 Å². The number of benzene rings is 1. The summed E-state index contributed by atoms with van der Waals surface area (Å²) in [6.45, 7) is 0. The minimum atomic E-state index is 0.221.